The highest BCUT2D eigenvalue weighted by Gasteiger charge is 2.33. The summed E-state index contributed by atoms with van der Waals surface area (Å²) >= 11 is 3.34. The van der Waals surface area contributed by atoms with Gasteiger partial charge in [0.1, 0.15) is 23.5 Å². The summed E-state index contributed by atoms with van der Waals surface area (Å²) in [5.74, 6) is 0.202. The highest BCUT2D eigenvalue weighted by molar-refractivity contribution is 9.10. The first-order valence-corrected chi connectivity index (χ1v) is 7.71. The van der Waals surface area contributed by atoms with Crippen LogP contribution in [0.25, 0.3) is 0 Å². The van der Waals surface area contributed by atoms with Crippen LogP contribution in [-0.4, -0.2) is 29.7 Å². The Balaban J connectivity index is 2.15. The van der Waals surface area contributed by atoms with E-state index < -0.39 is 23.8 Å². The van der Waals surface area contributed by atoms with Crippen LogP contribution in [0.3, 0.4) is 0 Å². The zero-order valence-corrected chi connectivity index (χ0v) is 14.5. The molecule has 0 unspecified atom stereocenters. The molecule has 2 atom stereocenters. The van der Waals surface area contributed by atoms with E-state index in [-0.39, 0.29) is 5.91 Å². The molecule has 1 aromatic carbocycles. The topological polar surface area (TPSA) is 76.7 Å². The van der Waals surface area contributed by atoms with Crippen molar-refractivity contribution in [2.45, 2.75) is 45.4 Å². The summed E-state index contributed by atoms with van der Waals surface area (Å²) in [5, 5.41) is 5.30. The van der Waals surface area contributed by atoms with Crippen molar-refractivity contribution in [3.05, 3.63) is 22.7 Å². The summed E-state index contributed by atoms with van der Waals surface area (Å²) in [6, 6.07) is 4.47. The summed E-state index contributed by atoms with van der Waals surface area (Å²) in [6.45, 7) is 6.99. The second kappa shape index (κ2) is 6.16. The van der Waals surface area contributed by atoms with E-state index >= 15 is 0 Å². The van der Waals surface area contributed by atoms with E-state index in [2.05, 4.69) is 26.6 Å². The van der Waals surface area contributed by atoms with E-state index in [9.17, 15) is 9.59 Å². The van der Waals surface area contributed by atoms with E-state index in [0.717, 1.165) is 4.47 Å². The van der Waals surface area contributed by atoms with Gasteiger partial charge >= 0.3 is 6.09 Å². The predicted molar refractivity (Wildman–Crippen MR) is 86.0 cm³/mol. The molecule has 2 rings (SSSR count). The van der Waals surface area contributed by atoms with E-state index in [1.807, 2.05) is 6.07 Å². The lowest BCUT2D eigenvalue weighted by molar-refractivity contribution is -0.119. The van der Waals surface area contributed by atoms with E-state index in [1.54, 1.807) is 39.8 Å². The maximum absolute atomic E-state index is 12.3. The SMILES string of the molecule is C[C@H]1Oc2ccc(Br)cc2NC(=O)[C@H]1NC(=O)OC(C)(C)C. The number of amides is 2. The molecule has 1 aromatic rings. The monoisotopic (exact) mass is 370 g/mol. The molecule has 0 aliphatic carbocycles. The molecular formula is C15H19BrN2O4. The molecule has 2 amide bonds. The summed E-state index contributed by atoms with van der Waals surface area (Å²) in [7, 11) is 0. The van der Waals surface area contributed by atoms with Crippen molar-refractivity contribution in [1.82, 2.24) is 5.32 Å². The predicted octanol–water partition coefficient (Wildman–Crippen LogP) is 3.06. The van der Waals surface area contributed by atoms with Crippen LogP contribution in [-0.2, 0) is 9.53 Å². The Hall–Kier alpha value is -1.76. The Morgan fingerprint density at radius 2 is 2.09 bits per heavy atom. The Kier molecular flexibility index (Phi) is 4.65. The number of hydrogen-bond donors (Lipinski definition) is 2. The van der Waals surface area contributed by atoms with Crippen molar-refractivity contribution in [3.8, 4) is 5.75 Å². The number of carbonyl (C=O) groups is 2. The molecule has 0 radical (unpaired) electrons. The van der Waals surface area contributed by atoms with Gasteiger partial charge in [-0.2, -0.15) is 0 Å². The smallest absolute Gasteiger partial charge is 0.408 e. The third-order valence-corrected chi connectivity index (χ3v) is 3.43. The van der Waals surface area contributed by atoms with Gasteiger partial charge in [0.05, 0.1) is 5.69 Å². The number of benzene rings is 1. The molecule has 0 fully saturated rings. The van der Waals surface area contributed by atoms with Crippen LogP contribution < -0.4 is 15.4 Å². The molecule has 0 saturated carbocycles. The molecule has 22 heavy (non-hydrogen) atoms. The van der Waals surface area contributed by atoms with Crippen molar-refractivity contribution >= 4 is 33.6 Å². The molecule has 1 aliphatic rings. The summed E-state index contributed by atoms with van der Waals surface area (Å²) < 4.78 is 11.8. The third-order valence-electron chi connectivity index (χ3n) is 2.94. The minimum atomic E-state index is -0.846. The normalized spacial score (nSPS) is 21.0. The summed E-state index contributed by atoms with van der Waals surface area (Å²) in [6.07, 6.45) is -1.19. The summed E-state index contributed by atoms with van der Waals surface area (Å²) in [5.41, 5.74) is -0.0804. The third kappa shape index (κ3) is 4.13. The van der Waals surface area contributed by atoms with Gasteiger partial charge in [0, 0.05) is 4.47 Å². The van der Waals surface area contributed by atoms with Crippen molar-refractivity contribution in [3.63, 3.8) is 0 Å². The van der Waals surface area contributed by atoms with Gasteiger partial charge in [0.2, 0.25) is 0 Å². The number of fused-ring (bicyclic) bond motifs is 1. The van der Waals surface area contributed by atoms with Crippen LogP contribution in [0, 0.1) is 0 Å². The average Bonchev–Trinajstić information content (AvgIpc) is 2.46. The van der Waals surface area contributed by atoms with Gasteiger partial charge in [0.15, 0.2) is 0 Å². The molecule has 0 aromatic heterocycles. The van der Waals surface area contributed by atoms with Gasteiger partial charge in [0.25, 0.3) is 5.91 Å². The zero-order valence-electron chi connectivity index (χ0n) is 12.9. The molecule has 2 N–H and O–H groups in total. The molecule has 1 heterocycles. The molecule has 0 saturated heterocycles. The lowest BCUT2D eigenvalue weighted by Crippen LogP contribution is -2.51. The zero-order chi connectivity index (χ0) is 16.5. The maximum Gasteiger partial charge on any atom is 0.408 e. The molecular weight excluding hydrogens is 352 g/mol. The minimum Gasteiger partial charge on any atom is -0.486 e. The largest absolute Gasteiger partial charge is 0.486 e. The molecule has 1 aliphatic heterocycles. The number of anilines is 1. The van der Waals surface area contributed by atoms with Crippen LogP contribution >= 0.6 is 15.9 Å². The Morgan fingerprint density at radius 1 is 1.41 bits per heavy atom. The fraction of sp³-hybridized carbons (Fsp3) is 0.467. The van der Waals surface area contributed by atoms with Crippen LogP contribution in [0.2, 0.25) is 0 Å². The van der Waals surface area contributed by atoms with Crippen molar-refractivity contribution < 1.29 is 19.1 Å². The van der Waals surface area contributed by atoms with Crippen molar-refractivity contribution in [2.24, 2.45) is 0 Å². The number of rotatable bonds is 1. The Labute approximate surface area is 137 Å². The average molecular weight is 371 g/mol. The second-order valence-corrected chi connectivity index (χ2v) is 6.99. The van der Waals surface area contributed by atoms with Gasteiger partial charge < -0.3 is 20.1 Å². The Bertz CT molecular complexity index is 598. The van der Waals surface area contributed by atoms with Crippen LogP contribution in [0.1, 0.15) is 27.7 Å². The van der Waals surface area contributed by atoms with Crippen molar-refractivity contribution in [2.75, 3.05) is 5.32 Å². The maximum atomic E-state index is 12.3. The number of alkyl carbamates (subject to hydrolysis) is 1. The minimum absolute atomic E-state index is 0.352. The quantitative estimate of drug-likeness (QED) is 0.796. The van der Waals surface area contributed by atoms with Crippen LogP contribution in [0.4, 0.5) is 10.5 Å². The molecule has 0 spiro atoms. The number of carbonyl (C=O) groups excluding carboxylic acids is 2. The molecule has 7 heteroatoms. The fourth-order valence-corrected chi connectivity index (χ4v) is 2.37. The van der Waals surface area contributed by atoms with E-state index in [0.29, 0.717) is 11.4 Å². The van der Waals surface area contributed by atoms with Crippen LogP contribution in [0.5, 0.6) is 5.75 Å². The summed E-state index contributed by atoms with van der Waals surface area (Å²) in [4.78, 5) is 24.2. The number of ether oxygens (including phenoxy) is 2. The lowest BCUT2D eigenvalue weighted by atomic mass is 10.1. The van der Waals surface area contributed by atoms with E-state index in [4.69, 9.17) is 9.47 Å². The van der Waals surface area contributed by atoms with Gasteiger partial charge in [-0.25, -0.2) is 4.79 Å². The van der Waals surface area contributed by atoms with Gasteiger partial charge in [-0.15, -0.1) is 0 Å². The first kappa shape index (κ1) is 16.6. The second-order valence-electron chi connectivity index (χ2n) is 6.08. The first-order chi connectivity index (χ1) is 10.2. The first-order valence-electron chi connectivity index (χ1n) is 6.92. The Morgan fingerprint density at radius 3 is 2.73 bits per heavy atom. The number of halogens is 1. The standard InChI is InChI=1S/C15H19BrN2O4/c1-8-12(18-14(20)22-15(2,3)4)13(19)17-10-7-9(16)5-6-11(10)21-8/h5-8,12H,1-4H3,(H,17,19)(H,18,20)/t8-,12+/m1/s1. The van der Waals surface area contributed by atoms with Crippen LogP contribution in [0.15, 0.2) is 22.7 Å². The van der Waals surface area contributed by atoms with E-state index in [1.165, 1.54) is 0 Å². The molecule has 120 valence electrons. The fourth-order valence-electron chi connectivity index (χ4n) is 2.01. The van der Waals surface area contributed by atoms with Gasteiger partial charge in [-0.1, -0.05) is 15.9 Å². The van der Waals surface area contributed by atoms with Gasteiger partial charge in [-0.3, -0.25) is 4.79 Å². The highest BCUT2D eigenvalue weighted by Crippen LogP contribution is 2.31. The highest BCUT2D eigenvalue weighted by atomic mass is 79.9. The lowest BCUT2D eigenvalue weighted by Gasteiger charge is -2.24. The molecule has 0 bridgehead atoms. The van der Waals surface area contributed by atoms with Gasteiger partial charge in [-0.05, 0) is 45.9 Å². The number of nitrogens with one attached hydrogen (secondary N) is 2. The number of hydrogen-bond acceptors (Lipinski definition) is 4. The molecule has 6 nitrogen and oxygen atoms in total. The van der Waals surface area contributed by atoms with Crippen molar-refractivity contribution in [1.29, 1.82) is 0 Å².